The molecule has 1 atom stereocenters. The molecular weight excluding hydrogens is 377 g/mol. The van der Waals surface area contributed by atoms with Gasteiger partial charge in [0.2, 0.25) is 0 Å². The summed E-state index contributed by atoms with van der Waals surface area (Å²) in [5.41, 5.74) is 2.26. The lowest BCUT2D eigenvalue weighted by Gasteiger charge is -2.18. The normalized spacial score (nSPS) is 12.7. The second-order valence-electron chi connectivity index (χ2n) is 4.67. The molecule has 0 aliphatic carbocycles. The highest BCUT2D eigenvalue weighted by Gasteiger charge is 2.18. The lowest BCUT2D eigenvalue weighted by molar-refractivity contribution is 0.606. The zero-order valence-corrected chi connectivity index (χ0v) is 15.3. The minimum Gasteiger partial charge on any atom is -0.306 e. The van der Waals surface area contributed by atoms with Gasteiger partial charge in [-0.15, -0.1) is 11.3 Å². The topological polar surface area (TPSA) is 12.0 Å². The Morgan fingerprint density at radius 2 is 2.05 bits per heavy atom. The average molecular weight is 393 g/mol. The number of benzene rings is 1. The summed E-state index contributed by atoms with van der Waals surface area (Å²) in [7, 11) is 0. The van der Waals surface area contributed by atoms with Crippen LogP contribution in [0.3, 0.4) is 0 Å². The summed E-state index contributed by atoms with van der Waals surface area (Å²) < 4.78 is 1.72. The number of rotatable bonds is 5. The molecule has 20 heavy (non-hydrogen) atoms. The summed E-state index contributed by atoms with van der Waals surface area (Å²) in [5.74, 6) is 0. The van der Waals surface area contributed by atoms with Crippen molar-refractivity contribution in [1.82, 2.24) is 5.32 Å². The Hall–Kier alpha value is -0.0600. The summed E-state index contributed by atoms with van der Waals surface area (Å²) in [4.78, 5) is 1.19. The largest absolute Gasteiger partial charge is 0.306 e. The molecule has 0 amide bonds. The molecule has 1 aromatic heterocycles. The standard InChI is InChI=1S/C15H16BrCl2NS/c1-3-6-19-14(13-8-11(16)15(18)20-13)10-5-4-9(2)12(17)7-10/h4-5,7-8,14,19H,3,6H2,1-2H3. The van der Waals surface area contributed by atoms with Crippen LogP contribution in [0.25, 0.3) is 0 Å². The van der Waals surface area contributed by atoms with Gasteiger partial charge in [0.25, 0.3) is 0 Å². The first-order valence-corrected chi connectivity index (χ1v) is 8.83. The number of thiophene rings is 1. The van der Waals surface area contributed by atoms with Crippen LogP contribution >= 0.6 is 50.5 Å². The minimum absolute atomic E-state index is 0.127. The maximum Gasteiger partial charge on any atom is 0.107 e. The fourth-order valence-corrected chi connectivity index (χ4v) is 3.99. The van der Waals surface area contributed by atoms with Crippen molar-refractivity contribution in [2.24, 2.45) is 0 Å². The molecular formula is C15H16BrCl2NS. The van der Waals surface area contributed by atoms with Crippen LogP contribution < -0.4 is 5.32 Å². The van der Waals surface area contributed by atoms with Crippen molar-refractivity contribution in [1.29, 1.82) is 0 Å². The minimum atomic E-state index is 0.127. The van der Waals surface area contributed by atoms with E-state index in [1.165, 1.54) is 10.4 Å². The molecule has 0 aliphatic rings. The Balaban J connectivity index is 2.38. The van der Waals surface area contributed by atoms with Gasteiger partial charge in [0.05, 0.1) is 6.04 Å². The molecule has 1 unspecified atom stereocenters. The van der Waals surface area contributed by atoms with Crippen LogP contribution in [0.15, 0.2) is 28.7 Å². The number of nitrogens with one attached hydrogen (secondary N) is 1. The van der Waals surface area contributed by atoms with Gasteiger partial charge in [-0.2, -0.15) is 0 Å². The van der Waals surface area contributed by atoms with Crippen molar-refractivity contribution < 1.29 is 0 Å². The number of halogens is 3. The molecule has 2 rings (SSSR count). The van der Waals surface area contributed by atoms with E-state index in [2.05, 4.69) is 46.4 Å². The predicted octanol–water partition coefficient (Wildman–Crippen LogP) is 6.21. The molecule has 5 heteroatoms. The smallest absolute Gasteiger partial charge is 0.107 e. The van der Waals surface area contributed by atoms with Crippen LogP contribution in [0.1, 0.15) is 35.4 Å². The highest BCUT2D eigenvalue weighted by atomic mass is 79.9. The van der Waals surface area contributed by atoms with E-state index in [0.29, 0.717) is 0 Å². The molecule has 1 nitrogen and oxygen atoms in total. The van der Waals surface area contributed by atoms with Gasteiger partial charge in [0.15, 0.2) is 0 Å². The Bertz CT molecular complexity index is 578. The van der Waals surface area contributed by atoms with E-state index in [-0.39, 0.29) is 6.04 Å². The van der Waals surface area contributed by atoms with Crippen LogP contribution in [-0.2, 0) is 0 Å². The van der Waals surface area contributed by atoms with Crippen molar-refractivity contribution in [3.63, 3.8) is 0 Å². The highest BCUT2D eigenvalue weighted by molar-refractivity contribution is 9.10. The number of hydrogen-bond donors (Lipinski definition) is 1. The monoisotopic (exact) mass is 391 g/mol. The van der Waals surface area contributed by atoms with Gasteiger partial charge in [-0.1, -0.05) is 42.3 Å². The van der Waals surface area contributed by atoms with E-state index in [4.69, 9.17) is 23.2 Å². The molecule has 1 heterocycles. The quantitative estimate of drug-likeness (QED) is 0.637. The van der Waals surface area contributed by atoms with E-state index >= 15 is 0 Å². The fourth-order valence-electron chi connectivity index (χ4n) is 1.97. The molecule has 0 radical (unpaired) electrons. The Kier molecular flexibility index (Phi) is 5.94. The van der Waals surface area contributed by atoms with Crippen LogP contribution in [-0.4, -0.2) is 6.54 Å². The Morgan fingerprint density at radius 3 is 2.60 bits per heavy atom. The summed E-state index contributed by atoms with van der Waals surface area (Å²) in [5, 5.41) is 4.36. The van der Waals surface area contributed by atoms with Crippen molar-refractivity contribution in [3.05, 3.63) is 54.1 Å². The third-order valence-corrected chi connectivity index (χ3v) is 6.02. The van der Waals surface area contributed by atoms with Crippen LogP contribution in [0, 0.1) is 6.92 Å². The summed E-state index contributed by atoms with van der Waals surface area (Å²) in [6.45, 7) is 5.12. The lowest BCUT2D eigenvalue weighted by Crippen LogP contribution is -2.22. The molecule has 0 aliphatic heterocycles. The molecule has 2 aromatic rings. The van der Waals surface area contributed by atoms with Gasteiger partial charge in [-0.05, 0) is 59.1 Å². The molecule has 0 bridgehead atoms. The number of hydrogen-bond acceptors (Lipinski definition) is 2. The fraction of sp³-hybridized carbons (Fsp3) is 0.333. The van der Waals surface area contributed by atoms with Gasteiger partial charge in [-0.25, -0.2) is 0 Å². The maximum atomic E-state index is 6.26. The third-order valence-electron chi connectivity index (χ3n) is 3.08. The summed E-state index contributed by atoms with van der Waals surface area (Å²) in [6, 6.07) is 8.42. The van der Waals surface area contributed by atoms with Gasteiger partial charge in [0, 0.05) is 14.4 Å². The Labute approximate surface area is 142 Å². The highest BCUT2D eigenvalue weighted by Crippen LogP contribution is 2.38. The summed E-state index contributed by atoms with van der Waals surface area (Å²) in [6.07, 6.45) is 1.08. The van der Waals surface area contributed by atoms with Crippen molar-refractivity contribution >= 4 is 50.5 Å². The second kappa shape index (κ2) is 7.28. The first-order valence-electron chi connectivity index (χ1n) is 6.47. The van der Waals surface area contributed by atoms with Gasteiger partial charge in [0.1, 0.15) is 4.34 Å². The van der Waals surface area contributed by atoms with E-state index in [1.807, 2.05) is 13.0 Å². The van der Waals surface area contributed by atoms with Crippen molar-refractivity contribution in [3.8, 4) is 0 Å². The Morgan fingerprint density at radius 1 is 1.30 bits per heavy atom. The molecule has 0 saturated carbocycles. The molecule has 0 spiro atoms. The molecule has 0 saturated heterocycles. The predicted molar refractivity (Wildman–Crippen MR) is 93.4 cm³/mol. The zero-order chi connectivity index (χ0) is 14.7. The number of aryl methyl sites for hydroxylation is 1. The van der Waals surface area contributed by atoms with Gasteiger partial charge >= 0.3 is 0 Å². The van der Waals surface area contributed by atoms with Crippen LogP contribution in [0.5, 0.6) is 0 Å². The SMILES string of the molecule is CCCNC(c1ccc(C)c(Cl)c1)c1cc(Br)c(Cl)s1. The first kappa shape index (κ1) is 16.3. The maximum absolute atomic E-state index is 6.26. The first-order chi connectivity index (χ1) is 9.52. The van der Waals surface area contributed by atoms with Crippen LogP contribution in [0.2, 0.25) is 9.36 Å². The van der Waals surface area contributed by atoms with E-state index < -0.39 is 0 Å². The van der Waals surface area contributed by atoms with Gasteiger partial charge < -0.3 is 5.32 Å². The molecule has 1 aromatic carbocycles. The average Bonchev–Trinajstić information content (AvgIpc) is 2.74. The van der Waals surface area contributed by atoms with E-state index in [0.717, 1.165) is 32.4 Å². The zero-order valence-electron chi connectivity index (χ0n) is 11.3. The lowest BCUT2D eigenvalue weighted by atomic mass is 10.0. The molecule has 0 fully saturated rings. The second-order valence-corrected chi connectivity index (χ2v) is 7.61. The van der Waals surface area contributed by atoms with Crippen molar-refractivity contribution in [2.45, 2.75) is 26.3 Å². The van der Waals surface area contributed by atoms with Crippen molar-refractivity contribution in [2.75, 3.05) is 6.54 Å². The summed E-state index contributed by atoms with van der Waals surface area (Å²) >= 11 is 17.5. The van der Waals surface area contributed by atoms with E-state index in [9.17, 15) is 0 Å². The third kappa shape index (κ3) is 3.77. The molecule has 1 N–H and O–H groups in total. The van der Waals surface area contributed by atoms with Gasteiger partial charge in [-0.3, -0.25) is 0 Å². The molecule has 108 valence electrons. The van der Waals surface area contributed by atoms with E-state index in [1.54, 1.807) is 11.3 Å². The van der Waals surface area contributed by atoms with Crippen LogP contribution in [0.4, 0.5) is 0 Å².